The Morgan fingerprint density at radius 1 is 0.276 bits per heavy atom. The predicted molar refractivity (Wildman–Crippen MR) is 330 cm³/mol. The largest absolute Gasteiger partial charge is 0.462 e. The molecule has 6 heteroatoms. The standard InChI is InChI=1S/C70H116O6/c1-4-7-10-13-16-19-22-24-26-27-28-29-30-31-32-33-34-35-36-37-38-39-40-41-42-43-45-46-48-51-54-57-60-63-69(72)75-66-67(65-74-68(71)62-59-56-53-50-21-18-15-12-9-6-3)76-70(73)64-61-58-55-52-49-47-44-25-23-20-17-14-11-8-5-2/h7-8,10-12,15-17,19-20,24-26,28-29,31-32,34-35,44,67H,4-6,9,13-14,18,21-23,27,30,33,36-43,45-66H2,1-3H3/b10-7-,11-8-,15-12-,19-16-,20-17-,26-24-,29-28-,32-31-,35-34-,44-25-. The van der Waals surface area contributed by atoms with Gasteiger partial charge in [-0.05, 0) is 122 Å². The third-order valence-corrected chi connectivity index (χ3v) is 13.2. The lowest BCUT2D eigenvalue weighted by Crippen LogP contribution is -2.30. The van der Waals surface area contributed by atoms with E-state index in [0.29, 0.717) is 19.3 Å². The van der Waals surface area contributed by atoms with E-state index in [2.05, 4.69) is 142 Å². The molecule has 0 aromatic carbocycles. The zero-order valence-corrected chi connectivity index (χ0v) is 49.5. The smallest absolute Gasteiger partial charge is 0.306 e. The van der Waals surface area contributed by atoms with Crippen molar-refractivity contribution in [2.45, 2.75) is 290 Å². The molecule has 0 spiro atoms. The number of hydrogen-bond acceptors (Lipinski definition) is 6. The lowest BCUT2D eigenvalue weighted by Gasteiger charge is -2.18. The number of carbonyl (C=O) groups excluding carboxylic acids is 3. The molecule has 0 bridgehead atoms. The summed E-state index contributed by atoms with van der Waals surface area (Å²) in [5.41, 5.74) is 0. The molecule has 0 aromatic heterocycles. The van der Waals surface area contributed by atoms with Crippen molar-refractivity contribution in [3.8, 4) is 0 Å². The van der Waals surface area contributed by atoms with Crippen molar-refractivity contribution in [1.29, 1.82) is 0 Å². The SMILES string of the molecule is CC/C=C\C/C=C\C/C=C\C/C=C\C/C=C\C/C=C\CCCCCCCCCCCCCCCCC(=O)OCC(COC(=O)CCCCCCC/C=C\CCC)OC(=O)CCCCCCC/C=C\C/C=C\C/C=C\CC. The maximum Gasteiger partial charge on any atom is 0.306 e. The van der Waals surface area contributed by atoms with Gasteiger partial charge in [-0.1, -0.05) is 264 Å². The van der Waals surface area contributed by atoms with E-state index in [1.807, 2.05) is 0 Å². The van der Waals surface area contributed by atoms with Gasteiger partial charge < -0.3 is 14.2 Å². The molecule has 0 fully saturated rings. The maximum atomic E-state index is 12.8. The van der Waals surface area contributed by atoms with Crippen LogP contribution in [0.5, 0.6) is 0 Å². The zero-order valence-electron chi connectivity index (χ0n) is 49.5. The molecule has 0 aliphatic carbocycles. The van der Waals surface area contributed by atoms with Gasteiger partial charge >= 0.3 is 17.9 Å². The molecule has 0 saturated carbocycles. The fourth-order valence-electron chi connectivity index (χ4n) is 8.52. The van der Waals surface area contributed by atoms with E-state index in [1.54, 1.807) is 0 Å². The number of allylic oxidation sites excluding steroid dienone is 20. The fraction of sp³-hybridized carbons (Fsp3) is 0.671. The van der Waals surface area contributed by atoms with Crippen LogP contribution in [0.2, 0.25) is 0 Å². The van der Waals surface area contributed by atoms with E-state index in [0.717, 1.165) is 154 Å². The van der Waals surface area contributed by atoms with Gasteiger partial charge in [0.2, 0.25) is 0 Å². The van der Waals surface area contributed by atoms with Crippen LogP contribution < -0.4 is 0 Å². The van der Waals surface area contributed by atoms with Crippen molar-refractivity contribution >= 4 is 17.9 Å². The second-order valence-electron chi connectivity index (χ2n) is 20.5. The molecule has 0 radical (unpaired) electrons. The number of esters is 3. The summed E-state index contributed by atoms with van der Waals surface area (Å²) in [6.45, 7) is 6.34. The highest BCUT2D eigenvalue weighted by atomic mass is 16.6. The van der Waals surface area contributed by atoms with E-state index in [9.17, 15) is 14.4 Å². The number of hydrogen-bond donors (Lipinski definition) is 0. The Morgan fingerprint density at radius 2 is 0.513 bits per heavy atom. The van der Waals surface area contributed by atoms with Crippen LogP contribution in [0.1, 0.15) is 284 Å². The first kappa shape index (κ1) is 71.8. The number of ether oxygens (including phenoxy) is 3. The summed E-state index contributed by atoms with van der Waals surface area (Å²) in [6, 6.07) is 0. The van der Waals surface area contributed by atoms with E-state index in [-0.39, 0.29) is 31.1 Å². The van der Waals surface area contributed by atoms with Crippen LogP contribution in [-0.2, 0) is 28.6 Å². The highest BCUT2D eigenvalue weighted by molar-refractivity contribution is 5.71. The van der Waals surface area contributed by atoms with Gasteiger partial charge in [0, 0.05) is 19.3 Å². The monoisotopic (exact) mass is 1050 g/mol. The molecule has 0 aliphatic heterocycles. The molecule has 0 heterocycles. The Balaban J connectivity index is 4.15. The van der Waals surface area contributed by atoms with Crippen molar-refractivity contribution in [3.63, 3.8) is 0 Å². The highest BCUT2D eigenvalue weighted by Crippen LogP contribution is 2.16. The lowest BCUT2D eigenvalue weighted by atomic mass is 10.0. The molecule has 0 aromatic rings. The van der Waals surface area contributed by atoms with Crippen molar-refractivity contribution in [3.05, 3.63) is 122 Å². The normalized spacial score (nSPS) is 12.9. The summed E-state index contributed by atoms with van der Waals surface area (Å²) in [5, 5.41) is 0. The average Bonchev–Trinajstić information content (AvgIpc) is 3.42. The second kappa shape index (κ2) is 63.3. The minimum atomic E-state index is -0.791. The zero-order chi connectivity index (χ0) is 55.0. The van der Waals surface area contributed by atoms with Crippen molar-refractivity contribution < 1.29 is 28.6 Å². The molecule has 0 saturated heterocycles. The quantitative estimate of drug-likeness (QED) is 0.0261. The Labute approximate surface area is 469 Å². The van der Waals surface area contributed by atoms with E-state index >= 15 is 0 Å². The van der Waals surface area contributed by atoms with E-state index in [4.69, 9.17) is 14.2 Å². The van der Waals surface area contributed by atoms with Gasteiger partial charge in [-0.2, -0.15) is 0 Å². The topological polar surface area (TPSA) is 78.9 Å². The Bertz CT molecular complexity index is 1590. The number of unbranched alkanes of at least 4 members (excludes halogenated alkanes) is 25. The summed E-state index contributed by atoms with van der Waals surface area (Å²) in [6.07, 6.45) is 87.9. The average molecular weight is 1050 g/mol. The highest BCUT2D eigenvalue weighted by Gasteiger charge is 2.19. The third kappa shape index (κ3) is 60.7. The first-order valence-electron chi connectivity index (χ1n) is 31.5. The molecule has 432 valence electrons. The maximum absolute atomic E-state index is 12.8. The molecular weight excluding hydrogens is 937 g/mol. The second-order valence-corrected chi connectivity index (χ2v) is 20.5. The van der Waals surface area contributed by atoms with Gasteiger partial charge in [0.05, 0.1) is 0 Å². The van der Waals surface area contributed by atoms with Crippen LogP contribution in [-0.4, -0.2) is 37.2 Å². The summed E-state index contributed by atoms with van der Waals surface area (Å²) < 4.78 is 16.8. The molecule has 6 nitrogen and oxygen atoms in total. The van der Waals surface area contributed by atoms with Gasteiger partial charge in [-0.25, -0.2) is 0 Å². The van der Waals surface area contributed by atoms with Crippen LogP contribution in [0.15, 0.2) is 122 Å². The third-order valence-electron chi connectivity index (χ3n) is 13.2. The number of carbonyl (C=O) groups is 3. The predicted octanol–water partition coefficient (Wildman–Crippen LogP) is 21.6. The van der Waals surface area contributed by atoms with Crippen molar-refractivity contribution in [1.82, 2.24) is 0 Å². The Morgan fingerprint density at radius 3 is 0.816 bits per heavy atom. The van der Waals surface area contributed by atoms with Gasteiger partial charge in [-0.3, -0.25) is 14.4 Å². The van der Waals surface area contributed by atoms with Crippen LogP contribution in [0.25, 0.3) is 0 Å². The van der Waals surface area contributed by atoms with Crippen LogP contribution in [0, 0.1) is 0 Å². The Kier molecular flexibility index (Phi) is 59.9. The molecular formula is C70H116O6. The van der Waals surface area contributed by atoms with Gasteiger partial charge in [0.25, 0.3) is 0 Å². The molecule has 76 heavy (non-hydrogen) atoms. The first-order valence-corrected chi connectivity index (χ1v) is 31.5. The molecule has 1 atom stereocenters. The molecule has 0 N–H and O–H groups in total. The number of rotatable bonds is 56. The molecule has 1 unspecified atom stereocenters. The minimum Gasteiger partial charge on any atom is -0.462 e. The molecule has 0 amide bonds. The van der Waals surface area contributed by atoms with Crippen LogP contribution >= 0.6 is 0 Å². The van der Waals surface area contributed by atoms with Crippen molar-refractivity contribution in [2.75, 3.05) is 13.2 Å². The van der Waals surface area contributed by atoms with Crippen LogP contribution in [0.4, 0.5) is 0 Å². The molecule has 0 rings (SSSR count). The van der Waals surface area contributed by atoms with Gasteiger partial charge in [0.1, 0.15) is 13.2 Å². The van der Waals surface area contributed by atoms with Gasteiger partial charge in [-0.15, -0.1) is 0 Å². The van der Waals surface area contributed by atoms with Crippen molar-refractivity contribution in [2.24, 2.45) is 0 Å². The lowest BCUT2D eigenvalue weighted by molar-refractivity contribution is -0.167. The van der Waals surface area contributed by atoms with E-state index < -0.39 is 6.10 Å². The van der Waals surface area contributed by atoms with Gasteiger partial charge in [0.15, 0.2) is 6.10 Å². The summed E-state index contributed by atoms with van der Waals surface area (Å²) >= 11 is 0. The van der Waals surface area contributed by atoms with Crippen LogP contribution in [0.3, 0.4) is 0 Å². The summed E-state index contributed by atoms with van der Waals surface area (Å²) in [7, 11) is 0. The summed E-state index contributed by atoms with van der Waals surface area (Å²) in [4.78, 5) is 38.1. The Hall–Kier alpha value is -4.19. The molecule has 0 aliphatic rings. The fourth-order valence-corrected chi connectivity index (χ4v) is 8.52. The summed E-state index contributed by atoms with van der Waals surface area (Å²) in [5.74, 6) is -0.915. The minimum absolute atomic E-state index is 0.0885. The first-order chi connectivity index (χ1) is 37.5. The van der Waals surface area contributed by atoms with E-state index in [1.165, 1.54) is 89.9 Å².